The van der Waals surface area contributed by atoms with Gasteiger partial charge >= 0.3 is 0 Å². The second-order valence-electron chi connectivity index (χ2n) is 6.60. The van der Waals surface area contributed by atoms with Crippen LogP contribution in [0.3, 0.4) is 0 Å². The van der Waals surface area contributed by atoms with E-state index in [1.165, 1.54) is 10.4 Å². The first-order valence-corrected chi connectivity index (χ1v) is 9.77. The average Bonchev–Trinajstić information content (AvgIpc) is 3.11. The van der Waals surface area contributed by atoms with E-state index < -0.39 is 0 Å². The molecule has 0 bridgehead atoms. The zero-order valence-corrected chi connectivity index (χ0v) is 16.1. The lowest BCUT2D eigenvalue weighted by Crippen LogP contribution is -2.13. The van der Waals surface area contributed by atoms with Gasteiger partial charge in [0, 0.05) is 29.9 Å². The maximum absolute atomic E-state index is 4.72. The highest BCUT2D eigenvalue weighted by Gasteiger charge is 2.13. The van der Waals surface area contributed by atoms with Crippen LogP contribution < -0.4 is 10.6 Å². The number of anilines is 2. The van der Waals surface area contributed by atoms with E-state index in [1.54, 1.807) is 17.5 Å². The predicted octanol–water partition coefficient (Wildman–Crippen LogP) is 5.19. The van der Waals surface area contributed by atoms with Crippen LogP contribution in [0.4, 0.5) is 11.8 Å². The first-order valence-electron chi connectivity index (χ1n) is 8.95. The predicted molar refractivity (Wildman–Crippen MR) is 113 cm³/mol. The zero-order valence-electron chi connectivity index (χ0n) is 15.3. The van der Waals surface area contributed by atoms with E-state index in [0.29, 0.717) is 12.5 Å². The Bertz CT molecular complexity index is 1030. The Kier molecular flexibility index (Phi) is 4.98. The van der Waals surface area contributed by atoms with Crippen LogP contribution in [0.15, 0.2) is 60.9 Å². The van der Waals surface area contributed by atoms with E-state index in [1.807, 2.05) is 18.3 Å². The molecule has 2 N–H and O–H groups in total. The van der Waals surface area contributed by atoms with Crippen LogP contribution in [0, 0.1) is 0 Å². The second kappa shape index (κ2) is 7.72. The summed E-state index contributed by atoms with van der Waals surface area (Å²) in [4.78, 5) is 14.8. The van der Waals surface area contributed by atoms with Crippen molar-refractivity contribution in [3.05, 3.63) is 66.5 Å². The normalized spacial score (nSPS) is 11.1. The summed E-state index contributed by atoms with van der Waals surface area (Å²) >= 11 is 1.71. The van der Waals surface area contributed by atoms with Crippen molar-refractivity contribution in [2.24, 2.45) is 0 Å². The molecule has 0 aliphatic heterocycles. The van der Waals surface area contributed by atoms with Gasteiger partial charge in [-0.25, -0.2) is 4.98 Å². The van der Waals surface area contributed by atoms with Crippen LogP contribution in [0.2, 0.25) is 0 Å². The minimum absolute atomic E-state index is 0.265. The summed E-state index contributed by atoms with van der Waals surface area (Å²) in [6.07, 6.45) is 3.64. The van der Waals surface area contributed by atoms with Crippen LogP contribution in [0.1, 0.15) is 19.4 Å². The molecule has 0 radical (unpaired) electrons. The minimum Gasteiger partial charge on any atom is -0.365 e. The topological polar surface area (TPSA) is 62.7 Å². The third kappa shape index (κ3) is 4.06. The van der Waals surface area contributed by atoms with Gasteiger partial charge in [-0.1, -0.05) is 36.4 Å². The summed E-state index contributed by atoms with van der Waals surface area (Å²) in [5.41, 5.74) is 3.25. The van der Waals surface area contributed by atoms with Crippen LogP contribution in [-0.4, -0.2) is 21.0 Å². The van der Waals surface area contributed by atoms with E-state index in [2.05, 4.69) is 65.9 Å². The Morgan fingerprint density at radius 3 is 2.63 bits per heavy atom. The van der Waals surface area contributed by atoms with Crippen molar-refractivity contribution in [1.82, 2.24) is 15.0 Å². The standard InChI is InChI=1S/C21H21N5S/c1-14(2)24-21-25-17-11-18(16-8-4-3-5-9-16)27-19(17)20(26-21)23-13-15-7-6-10-22-12-15/h3-12,14H,13H2,1-2H3,(H2,23,24,25,26). The minimum atomic E-state index is 0.265. The Balaban J connectivity index is 1.73. The van der Waals surface area contributed by atoms with Crippen molar-refractivity contribution in [2.45, 2.75) is 26.4 Å². The molecule has 5 nitrogen and oxygen atoms in total. The van der Waals surface area contributed by atoms with Gasteiger partial charge in [0.25, 0.3) is 0 Å². The van der Waals surface area contributed by atoms with Gasteiger partial charge in [0.15, 0.2) is 0 Å². The Labute approximate surface area is 162 Å². The van der Waals surface area contributed by atoms with Crippen molar-refractivity contribution >= 4 is 33.3 Å². The smallest absolute Gasteiger partial charge is 0.225 e. The van der Waals surface area contributed by atoms with E-state index in [0.717, 1.165) is 21.6 Å². The summed E-state index contributed by atoms with van der Waals surface area (Å²) in [6.45, 7) is 4.83. The summed E-state index contributed by atoms with van der Waals surface area (Å²) in [7, 11) is 0. The number of fused-ring (bicyclic) bond motifs is 1. The molecule has 0 amide bonds. The SMILES string of the molecule is CC(C)Nc1nc(NCc2cccnc2)c2sc(-c3ccccc3)cc2n1. The van der Waals surface area contributed by atoms with Crippen LogP contribution >= 0.6 is 11.3 Å². The van der Waals surface area contributed by atoms with Crippen molar-refractivity contribution in [2.75, 3.05) is 10.6 Å². The fourth-order valence-electron chi connectivity index (χ4n) is 2.81. The number of thiophene rings is 1. The number of nitrogens with one attached hydrogen (secondary N) is 2. The lowest BCUT2D eigenvalue weighted by Gasteiger charge is -2.11. The molecular weight excluding hydrogens is 354 g/mol. The fraction of sp³-hybridized carbons (Fsp3) is 0.190. The number of nitrogens with zero attached hydrogens (tertiary/aromatic N) is 3. The summed E-state index contributed by atoms with van der Waals surface area (Å²) in [5.74, 6) is 1.49. The molecule has 27 heavy (non-hydrogen) atoms. The molecule has 0 saturated heterocycles. The Hall–Kier alpha value is -2.99. The molecule has 4 aromatic rings. The average molecular weight is 376 g/mol. The number of hydrogen-bond donors (Lipinski definition) is 2. The maximum Gasteiger partial charge on any atom is 0.225 e. The lowest BCUT2D eigenvalue weighted by molar-refractivity contribution is 0.877. The first-order chi connectivity index (χ1) is 13.2. The first kappa shape index (κ1) is 17.4. The van der Waals surface area contributed by atoms with Crippen molar-refractivity contribution in [3.8, 4) is 10.4 Å². The van der Waals surface area contributed by atoms with Gasteiger partial charge in [-0.15, -0.1) is 11.3 Å². The molecule has 0 atom stereocenters. The Morgan fingerprint density at radius 2 is 1.89 bits per heavy atom. The summed E-state index contributed by atoms with van der Waals surface area (Å²) in [6, 6.07) is 16.8. The van der Waals surface area contributed by atoms with E-state index in [-0.39, 0.29) is 6.04 Å². The van der Waals surface area contributed by atoms with E-state index in [9.17, 15) is 0 Å². The third-order valence-corrected chi connectivity index (χ3v) is 5.21. The summed E-state index contributed by atoms with van der Waals surface area (Å²) in [5, 5.41) is 6.78. The van der Waals surface area contributed by atoms with Crippen molar-refractivity contribution in [1.29, 1.82) is 0 Å². The zero-order chi connectivity index (χ0) is 18.6. The largest absolute Gasteiger partial charge is 0.365 e. The van der Waals surface area contributed by atoms with E-state index >= 15 is 0 Å². The van der Waals surface area contributed by atoms with Crippen molar-refractivity contribution in [3.63, 3.8) is 0 Å². The molecule has 1 aromatic carbocycles. The molecule has 0 spiro atoms. The molecule has 0 unspecified atom stereocenters. The van der Waals surface area contributed by atoms with Gasteiger partial charge in [-0.2, -0.15) is 4.98 Å². The molecule has 4 rings (SSSR count). The molecule has 0 aliphatic rings. The Morgan fingerprint density at radius 1 is 1.04 bits per heavy atom. The molecule has 0 saturated carbocycles. The van der Waals surface area contributed by atoms with Gasteiger partial charge in [0.05, 0.1) is 10.2 Å². The molecule has 3 heterocycles. The number of aromatic nitrogens is 3. The number of pyridine rings is 1. The highest BCUT2D eigenvalue weighted by atomic mass is 32.1. The van der Waals surface area contributed by atoms with Crippen LogP contribution in [-0.2, 0) is 6.54 Å². The fourth-order valence-corrected chi connectivity index (χ4v) is 3.87. The highest BCUT2D eigenvalue weighted by Crippen LogP contribution is 2.36. The molecule has 0 fully saturated rings. The molecule has 0 aliphatic carbocycles. The van der Waals surface area contributed by atoms with Gasteiger partial charge in [0.2, 0.25) is 5.95 Å². The highest BCUT2D eigenvalue weighted by molar-refractivity contribution is 7.22. The summed E-state index contributed by atoms with van der Waals surface area (Å²) < 4.78 is 1.06. The van der Waals surface area contributed by atoms with Gasteiger partial charge in [-0.3, -0.25) is 4.98 Å². The molecule has 6 heteroatoms. The third-order valence-electron chi connectivity index (χ3n) is 4.03. The molecule has 136 valence electrons. The second-order valence-corrected chi connectivity index (χ2v) is 7.65. The van der Waals surface area contributed by atoms with Crippen molar-refractivity contribution < 1.29 is 0 Å². The maximum atomic E-state index is 4.72. The number of benzene rings is 1. The van der Waals surface area contributed by atoms with E-state index in [4.69, 9.17) is 9.97 Å². The molecular formula is C21H21N5S. The lowest BCUT2D eigenvalue weighted by atomic mass is 10.2. The van der Waals surface area contributed by atoms with Crippen LogP contribution in [0.5, 0.6) is 0 Å². The van der Waals surface area contributed by atoms with Gasteiger partial charge in [-0.05, 0) is 37.1 Å². The number of hydrogen-bond acceptors (Lipinski definition) is 6. The van der Waals surface area contributed by atoms with Crippen LogP contribution in [0.25, 0.3) is 20.7 Å². The number of rotatable bonds is 6. The van der Waals surface area contributed by atoms with Gasteiger partial charge < -0.3 is 10.6 Å². The van der Waals surface area contributed by atoms with Gasteiger partial charge in [0.1, 0.15) is 5.82 Å². The monoisotopic (exact) mass is 375 g/mol. The quantitative estimate of drug-likeness (QED) is 0.486. The molecule has 3 aromatic heterocycles.